The summed E-state index contributed by atoms with van der Waals surface area (Å²) >= 11 is 0. The number of hydrogen-bond acceptors (Lipinski definition) is 3. The summed E-state index contributed by atoms with van der Waals surface area (Å²) in [6, 6.07) is 2.55. The average Bonchev–Trinajstić information content (AvgIpc) is 2.38. The molecule has 112 valence electrons. The minimum atomic E-state index is -3.97. The number of benzene rings is 1. The minimum absolute atomic E-state index is 0.220. The van der Waals surface area contributed by atoms with Crippen molar-refractivity contribution in [2.75, 3.05) is 6.54 Å². The third-order valence-electron chi connectivity index (χ3n) is 3.16. The van der Waals surface area contributed by atoms with E-state index in [1.165, 1.54) is 4.31 Å². The molecule has 1 aromatic carbocycles. The van der Waals surface area contributed by atoms with Crippen LogP contribution >= 0.6 is 0 Å². The van der Waals surface area contributed by atoms with Crippen LogP contribution in [0.3, 0.4) is 0 Å². The molecule has 7 heteroatoms. The standard InChI is InChI=1S/C13H18FNO4S/c1-4-9(3)15(5-2)20(18,19)12-7-6-10(13(16)17)8-11(12)14/h6-9H,4-5H2,1-3H3,(H,16,17). The molecule has 0 radical (unpaired) electrons. The lowest BCUT2D eigenvalue weighted by atomic mass is 10.2. The maximum absolute atomic E-state index is 13.9. The Balaban J connectivity index is 3.31. The predicted octanol–water partition coefficient (Wildman–Crippen LogP) is 2.33. The van der Waals surface area contributed by atoms with Crippen LogP contribution in [0.5, 0.6) is 0 Å². The molecule has 0 spiro atoms. The van der Waals surface area contributed by atoms with Crippen LogP contribution in [0.15, 0.2) is 23.1 Å². The van der Waals surface area contributed by atoms with E-state index in [4.69, 9.17) is 5.11 Å². The van der Waals surface area contributed by atoms with Gasteiger partial charge in [-0.05, 0) is 31.5 Å². The molecule has 0 aliphatic heterocycles. The van der Waals surface area contributed by atoms with E-state index in [0.29, 0.717) is 6.42 Å². The van der Waals surface area contributed by atoms with Gasteiger partial charge >= 0.3 is 5.97 Å². The highest BCUT2D eigenvalue weighted by atomic mass is 32.2. The lowest BCUT2D eigenvalue weighted by Gasteiger charge is -2.26. The Morgan fingerprint density at radius 1 is 1.40 bits per heavy atom. The Morgan fingerprint density at radius 3 is 2.40 bits per heavy atom. The van der Waals surface area contributed by atoms with E-state index in [1.54, 1.807) is 13.8 Å². The number of halogens is 1. The number of carboxylic acid groups (broad SMARTS) is 1. The van der Waals surface area contributed by atoms with E-state index in [1.807, 2.05) is 6.92 Å². The van der Waals surface area contributed by atoms with Gasteiger partial charge in [0.1, 0.15) is 10.7 Å². The van der Waals surface area contributed by atoms with E-state index in [-0.39, 0.29) is 18.2 Å². The van der Waals surface area contributed by atoms with Crippen LogP contribution in [0.1, 0.15) is 37.6 Å². The predicted molar refractivity (Wildman–Crippen MR) is 72.7 cm³/mol. The number of sulfonamides is 1. The van der Waals surface area contributed by atoms with Crippen LogP contribution in [0.25, 0.3) is 0 Å². The summed E-state index contributed by atoms with van der Waals surface area (Å²) < 4.78 is 39.9. The van der Waals surface area contributed by atoms with Crippen molar-refractivity contribution in [3.8, 4) is 0 Å². The summed E-state index contributed by atoms with van der Waals surface area (Å²) in [6.45, 7) is 5.47. The Hall–Kier alpha value is -1.47. The van der Waals surface area contributed by atoms with Gasteiger partial charge in [-0.1, -0.05) is 13.8 Å². The molecule has 1 N–H and O–H groups in total. The van der Waals surface area contributed by atoms with E-state index in [9.17, 15) is 17.6 Å². The summed E-state index contributed by atoms with van der Waals surface area (Å²) in [4.78, 5) is 10.2. The van der Waals surface area contributed by atoms with Crippen LogP contribution in [0.4, 0.5) is 4.39 Å². The quantitative estimate of drug-likeness (QED) is 0.875. The van der Waals surface area contributed by atoms with Crippen LogP contribution in [-0.4, -0.2) is 36.4 Å². The zero-order valence-corrected chi connectivity index (χ0v) is 12.4. The number of hydrogen-bond donors (Lipinski definition) is 1. The van der Waals surface area contributed by atoms with Gasteiger partial charge in [0.2, 0.25) is 10.0 Å². The molecule has 0 saturated carbocycles. The number of carbonyl (C=O) groups is 1. The van der Waals surface area contributed by atoms with Gasteiger partial charge in [0.15, 0.2) is 0 Å². The van der Waals surface area contributed by atoms with Gasteiger partial charge < -0.3 is 5.11 Å². The molecule has 0 aromatic heterocycles. The first-order chi connectivity index (χ1) is 9.25. The van der Waals surface area contributed by atoms with E-state index < -0.39 is 26.7 Å². The summed E-state index contributed by atoms with van der Waals surface area (Å²) in [7, 11) is -3.97. The molecule has 0 amide bonds. The highest BCUT2D eigenvalue weighted by Crippen LogP contribution is 2.23. The molecule has 0 aliphatic carbocycles. The topological polar surface area (TPSA) is 74.7 Å². The van der Waals surface area contributed by atoms with Gasteiger partial charge in [-0.15, -0.1) is 0 Å². The molecule has 1 aromatic rings. The van der Waals surface area contributed by atoms with E-state index in [0.717, 1.165) is 18.2 Å². The van der Waals surface area contributed by atoms with Crippen molar-refractivity contribution >= 4 is 16.0 Å². The molecular weight excluding hydrogens is 285 g/mol. The maximum atomic E-state index is 13.9. The molecule has 0 aliphatic rings. The Kier molecular flexibility index (Phi) is 5.24. The van der Waals surface area contributed by atoms with Gasteiger partial charge in [-0.25, -0.2) is 17.6 Å². The Labute approximate surface area is 118 Å². The fourth-order valence-electron chi connectivity index (χ4n) is 1.89. The molecule has 1 atom stereocenters. The van der Waals surface area contributed by atoms with Crippen LogP contribution in [-0.2, 0) is 10.0 Å². The average molecular weight is 303 g/mol. The van der Waals surface area contributed by atoms with Crippen molar-refractivity contribution in [2.24, 2.45) is 0 Å². The second kappa shape index (κ2) is 6.32. The highest BCUT2D eigenvalue weighted by molar-refractivity contribution is 7.89. The highest BCUT2D eigenvalue weighted by Gasteiger charge is 2.29. The summed E-state index contributed by atoms with van der Waals surface area (Å²) in [6.07, 6.45) is 0.599. The summed E-state index contributed by atoms with van der Waals surface area (Å²) in [5.74, 6) is -2.35. The molecule has 5 nitrogen and oxygen atoms in total. The molecule has 1 unspecified atom stereocenters. The number of aromatic carboxylic acids is 1. The zero-order valence-electron chi connectivity index (χ0n) is 11.6. The lowest BCUT2D eigenvalue weighted by Crippen LogP contribution is -2.38. The van der Waals surface area contributed by atoms with Crippen molar-refractivity contribution in [1.29, 1.82) is 0 Å². The van der Waals surface area contributed by atoms with Gasteiger partial charge in [0.25, 0.3) is 0 Å². The fraction of sp³-hybridized carbons (Fsp3) is 0.462. The monoisotopic (exact) mass is 303 g/mol. The summed E-state index contributed by atoms with van der Waals surface area (Å²) in [5, 5.41) is 8.76. The first-order valence-electron chi connectivity index (χ1n) is 6.30. The minimum Gasteiger partial charge on any atom is -0.478 e. The largest absolute Gasteiger partial charge is 0.478 e. The van der Waals surface area contributed by atoms with Gasteiger partial charge in [-0.3, -0.25) is 0 Å². The normalized spacial score (nSPS) is 13.4. The SMILES string of the molecule is CCC(C)N(CC)S(=O)(=O)c1ccc(C(=O)O)cc1F. The molecule has 0 fully saturated rings. The molecule has 0 bridgehead atoms. The number of nitrogens with zero attached hydrogens (tertiary/aromatic N) is 1. The Morgan fingerprint density at radius 2 is 2.00 bits per heavy atom. The van der Waals surface area contributed by atoms with Crippen molar-refractivity contribution in [1.82, 2.24) is 4.31 Å². The van der Waals surface area contributed by atoms with Gasteiger partial charge in [0.05, 0.1) is 5.56 Å². The van der Waals surface area contributed by atoms with Gasteiger partial charge in [0, 0.05) is 12.6 Å². The van der Waals surface area contributed by atoms with Crippen molar-refractivity contribution < 1.29 is 22.7 Å². The van der Waals surface area contributed by atoms with Crippen molar-refractivity contribution in [3.05, 3.63) is 29.6 Å². The number of rotatable bonds is 6. The molecular formula is C13H18FNO4S. The molecule has 0 heterocycles. The molecule has 1 rings (SSSR count). The second-order valence-corrected chi connectivity index (χ2v) is 6.27. The number of carboxylic acids is 1. The Bertz CT molecular complexity index is 600. The summed E-state index contributed by atoms with van der Waals surface area (Å²) in [5.41, 5.74) is -0.284. The van der Waals surface area contributed by atoms with Crippen molar-refractivity contribution in [2.45, 2.75) is 38.1 Å². The smallest absolute Gasteiger partial charge is 0.335 e. The van der Waals surface area contributed by atoms with Crippen LogP contribution in [0, 0.1) is 5.82 Å². The third-order valence-corrected chi connectivity index (χ3v) is 5.28. The second-order valence-electron chi connectivity index (χ2n) is 4.42. The maximum Gasteiger partial charge on any atom is 0.335 e. The van der Waals surface area contributed by atoms with E-state index in [2.05, 4.69) is 0 Å². The lowest BCUT2D eigenvalue weighted by molar-refractivity contribution is 0.0696. The van der Waals surface area contributed by atoms with Crippen LogP contribution < -0.4 is 0 Å². The fourth-order valence-corrected chi connectivity index (χ4v) is 3.65. The third kappa shape index (κ3) is 3.16. The molecule has 20 heavy (non-hydrogen) atoms. The first kappa shape index (κ1) is 16.6. The van der Waals surface area contributed by atoms with Crippen molar-refractivity contribution in [3.63, 3.8) is 0 Å². The molecule has 0 saturated heterocycles. The van der Waals surface area contributed by atoms with Crippen LogP contribution in [0.2, 0.25) is 0 Å². The first-order valence-corrected chi connectivity index (χ1v) is 7.74. The van der Waals surface area contributed by atoms with Gasteiger partial charge in [-0.2, -0.15) is 4.31 Å². The van der Waals surface area contributed by atoms with E-state index >= 15 is 0 Å². The zero-order chi connectivity index (χ0) is 15.5.